The van der Waals surface area contributed by atoms with Gasteiger partial charge in [0.15, 0.2) is 5.78 Å². The lowest BCUT2D eigenvalue weighted by Gasteiger charge is -2.29. The zero-order chi connectivity index (χ0) is 24.4. The summed E-state index contributed by atoms with van der Waals surface area (Å²) in [5, 5.41) is 11.7. The molecule has 1 rings (SSSR count). The lowest BCUT2D eigenvalue weighted by Crippen LogP contribution is -2.38. The van der Waals surface area contributed by atoms with Gasteiger partial charge in [-0.1, -0.05) is 34.6 Å². The van der Waals surface area contributed by atoms with E-state index in [-0.39, 0.29) is 46.7 Å². The monoisotopic (exact) mass is 451 g/mol. The molecule has 0 saturated heterocycles. The molecule has 0 spiro atoms. The van der Waals surface area contributed by atoms with Crippen molar-refractivity contribution in [1.29, 1.82) is 0 Å². The summed E-state index contributed by atoms with van der Waals surface area (Å²) in [6, 6.07) is 4.36. The van der Waals surface area contributed by atoms with Crippen LogP contribution >= 0.6 is 0 Å². The minimum atomic E-state index is -0.607. The van der Waals surface area contributed by atoms with Gasteiger partial charge < -0.3 is 24.6 Å². The molecule has 32 heavy (non-hydrogen) atoms. The van der Waals surface area contributed by atoms with E-state index in [9.17, 15) is 14.4 Å². The van der Waals surface area contributed by atoms with Gasteiger partial charge in [0.1, 0.15) is 0 Å². The molecule has 0 aliphatic carbocycles. The second kappa shape index (κ2) is 12.7. The maximum absolute atomic E-state index is 12.7. The molecule has 0 aliphatic rings. The number of carbonyl (C=O) groups is 3. The lowest BCUT2D eigenvalue weighted by atomic mass is 9.93. The first-order chi connectivity index (χ1) is 14.9. The molecule has 8 heteroatoms. The van der Waals surface area contributed by atoms with Crippen LogP contribution in [0.2, 0.25) is 0 Å². The van der Waals surface area contributed by atoms with E-state index < -0.39 is 5.97 Å². The summed E-state index contributed by atoms with van der Waals surface area (Å²) >= 11 is 0. The summed E-state index contributed by atoms with van der Waals surface area (Å²) in [7, 11) is 1.25. The number of aliphatic hydroxyl groups is 1. The predicted octanol–water partition coefficient (Wildman–Crippen LogP) is 2.87. The van der Waals surface area contributed by atoms with Crippen LogP contribution in [0.25, 0.3) is 0 Å². The molecule has 180 valence electrons. The summed E-state index contributed by atoms with van der Waals surface area (Å²) in [5.41, 5.74) is 0.132. The van der Waals surface area contributed by atoms with Gasteiger partial charge in [-0.05, 0) is 18.2 Å². The van der Waals surface area contributed by atoms with Gasteiger partial charge in [-0.3, -0.25) is 9.59 Å². The summed E-state index contributed by atoms with van der Waals surface area (Å²) in [4.78, 5) is 36.8. The van der Waals surface area contributed by atoms with Crippen molar-refractivity contribution >= 4 is 17.7 Å². The van der Waals surface area contributed by atoms with Crippen LogP contribution in [-0.2, 0) is 14.2 Å². The minimum absolute atomic E-state index is 0.0136. The zero-order valence-corrected chi connectivity index (χ0v) is 20.1. The molecule has 0 atom stereocenters. The average molecular weight is 452 g/mol. The van der Waals surface area contributed by atoms with Crippen LogP contribution in [0.5, 0.6) is 0 Å². The van der Waals surface area contributed by atoms with Crippen molar-refractivity contribution in [1.82, 2.24) is 5.32 Å². The Morgan fingerprint density at radius 2 is 1.47 bits per heavy atom. The first-order valence-electron chi connectivity index (χ1n) is 10.8. The molecular weight excluding hydrogens is 414 g/mol. The van der Waals surface area contributed by atoms with Crippen molar-refractivity contribution in [3.63, 3.8) is 0 Å². The highest BCUT2D eigenvalue weighted by Crippen LogP contribution is 2.20. The third-order valence-corrected chi connectivity index (χ3v) is 4.70. The van der Waals surface area contributed by atoms with E-state index in [1.165, 1.54) is 25.3 Å². The number of ketones is 1. The van der Waals surface area contributed by atoms with Crippen LogP contribution in [-0.4, -0.2) is 69.5 Å². The van der Waals surface area contributed by atoms with Crippen LogP contribution in [0.1, 0.15) is 72.1 Å². The number of aliphatic hydroxyl groups excluding tert-OH is 1. The Hall–Kier alpha value is -2.29. The number of Topliss-reactive ketones (excluding diaryl/α,β-unsaturated/α-hetero) is 1. The predicted molar refractivity (Wildman–Crippen MR) is 121 cm³/mol. The summed E-state index contributed by atoms with van der Waals surface area (Å²) < 4.78 is 16.0. The van der Waals surface area contributed by atoms with Gasteiger partial charge in [0.05, 0.1) is 45.7 Å². The molecule has 0 aromatic heterocycles. The van der Waals surface area contributed by atoms with Crippen LogP contribution in [0.3, 0.4) is 0 Å². The van der Waals surface area contributed by atoms with Crippen molar-refractivity contribution < 1.29 is 33.7 Å². The maximum atomic E-state index is 12.7. The number of amides is 1. The van der Waals surface area contributed by atoms with Gasteiger partial charge in [-0.2, -0.15) is 0 Å². The van der Waals surface area contributed by atoms with Crippen molar-refractivity contribution in [2.45, 2.75) is 41.0 Å². The van der Waals surface area contributed by atoms with Gasteiger partial charge in [-0.25, -0.2) is 4.79 Å². The van der Waals surface area contributed by atoms with E-state index in [1.54, 1.807) is 6.92 Å². The largest absolute Gasteiger partial charge is 0.465 e. The van der Waals surface area contributed by atoms with Gasteiger partial charge in [0, 0.05) is 34.9 Å². The van der Waals surface area contributed by atoms with E-state index in [2.05, 4.69) is 5.32 Å². The van der Waals surface area contributed by atoms with Crippen molar-refractivity contribution in [2.24, 2.45) is 10.8 Å². The molecule has 8 nitrogen and oxygen atoms in total. The van der Waals surface area contributed by atoms with Gasteiger partial charge in [-0.15, -0.1) is 0 Å². The number of carbonyl (C=O) groups excluding carboxylic acids is 3. The van der Waals surface area contributed by atoms with Gasteiger partial charge in [0.2, 0.25) is 0 Å². The standard InChI is InChI=1S/C24H37NO7/c1-7-20(27)17-10-18(12-19(11-17)22(29)30-6)21(28)25-13-23(2,3)14-32-16-24(4,5)15-31-9-8-26/h10-12,26H,7-9,13-16H2,1-6H3,(H,25,28). The highest BCUT2D eigenvalue weighted by atomic mass is 16.5. The fourth-order valence-corrected chi connectivity index (χ4v) is 2.89. The van der Waals surface area contributed by atoms with Crippen LogP contribution in [0.4, 0.5) is 0 Å². The molecule has 1 aromatic carbocycles. The van der Waals surface area contributed by atoms with E-state index >= 15 is 0 Å². The smallest absolute Gasteiger partial charge is 0.337 e. The Bertz CT molecular complexity index is 752. The summed E-state index contributed by atoms with van der Waals surface area (Å²) in [5.74, 6) is -1.15. The normalized spacial score (nSPS) is 11.8. The molecule has 0 unspecified atom stereocenters. The molecule has 0 fully saturated rings. The number of methoxy groups -OCH3 is 1. The number of rotatable bonds is 14. The molecule has 1 amide bonds. The van der Waals surface area contributed by atoms with Crippen LogP contribution < -0.4 is 5.32 Å². The van der Waals surface area contributed by atoms with Crippen molar-refractivity contribution in [3.8, 4) is 0 Å². The van der Waals surface area contributed by atoms with Crippen molar-refractivity contribution in [3.05, 3.63) is 34.9 Å². The van der Waals surface area contributed by atoms with E-state index in [4.69, 9.17) is 19.3 Å². The van der Waals surface area contributed by atoms with Gasteiger partial charge >= 0.3 is 5.97 Å². The zero-order valence-electron chi connectivity index (χ0n) is 20.1. The van der Waals surface area contributed by atoms with Crippen molar-refractivity contribution in [2.75, 3.05) is 46.7 Å². The Balaban J connectivity index is 2.73. The number of ether oxygens (including phenoxy) is 3. The Kier molecular flexibility index (Phi) is 11.0. The van der Waals surface area contributed by atoms with E-state index in [0.29, 0.717) is 38.5 Å². The molecule has 2 N–H and O–H groups in total. The topological polar surface area (TPSA) is 111 Å². The third kappa shape index (κ3) is 9.46. The number of esters is 1. The first-order valence-corrected chi connectivity index (χ1v) is 10.8. The molecule has 1 aromatic rings. The Labute approximate surface area is 190 Å². The Morgan fingerprint density at radius 3 is 2.06 bits per heavy atom. The number of hydrogen-bond donors (Lipinski definition) is 2. The number of benzene rings is 1. The average Bonchev–Trinajstić information content (AvgIpc) is 2.75. The minimum Gasteiger partial charge on any atom is -0.465 e. The van der Waals surface area contributed by atoms with Gasteiger partial charge in [0.25, 0.3) is 5.91 Å². The van der Waals surface area contributed by atoms with E-state index in [0.717, 1.165) is 0 Å². The van der Waals surface area contributed by atoms with E-state index in [1.807, 2.05) is 27.7 Å². The quantitative estimate of drug-likeness (QED) is 0.254. The second-order valence-corrected chi connectivity index (χ2v) is 9.35. The highest BCUT2D eigenvalue weighted by molar-refractivity contribution is 6.04. The molecular formula is C24H37NO7. The fraction of sp³-hybridized carbons (Fsp3) is 0.625. The highest BCUT2D eigenvalue weighted by Gasteiger charge is 2.24. The summed E-state index contributed by atoms with van der Waals surface area (Å²) in [6.07, 6.45) is 0.261. The summed E-state index contributed by atoms with van der Waals surface area (Å²) in [6.45, 7) is 11.7. The molecule has 0 radical (unpaired) electrons. The Morgan fingerprint density at radius 1 is 0.906 bits per heavy atom. The second-order valence-electron chi connectivity index (χ2n) is 9.35. The van der Waals surface area contributed by atoms with Crippen LogP contribution in [0.15, 0.2) is 18.2 Å². The fourth-order valence-electron chi connectivity index (χ4n) is 2.89. The SMILES string of the molecule is CCC(=O)c1cc(C(=O)NCC(C)(C)COCC(C)(C)COCCO)cc(C(=O)OC)c1. The number of nitrogens with one attached hydrogen (secondary N) is 1. The molecule has 0 saturated carbocycles. The maximum Gasteiger partial charge on any atom is 0.337 e. The molecule has 0 aliphatic heterocycles. The first kappa shape index (κ1) is 27.7. The van der Waals surface area contributed by atoms with Crippen LogP contribution in [0, 0.1) is 10.8 Å². The molecule has 0 bridgehead atoms. The third-order valence-electron chi connectivity index (χ3n) is 4.70. The molecule has 0 heterocycles. The number of hydrogen-bond acceptors (Lipinski definition) is 7. The lowest BCUT2D eigenvalue weighted by molar-refractivity contribution is -0.0300.